The molecule has 3 aromatic heterocycles. The van der Waals surface area contributed by atoms with Crippen molar-refractivity contribution in [2.45, 2.75) is 18.5 Å². The van der Waals surface area contributed by atoms with Crippen molar-refractivity contribution < 1.29 is 13.2 Å². The highest BCUT2D eigenvalue weighted by Crippen LogP contribution is 2.42. The summed E-state index contributed by atoms with van der Waals surface area (Å²) in [7, 11) is 1.61. The van der Waals surface area contributed by atoms with Gasteiger partial charge in [-0.2, -0.15) is 8.78 Å². The molecule has 0 amide bonds. The monoisotopic (exact) mass is 526 g/mol. The van der Waals surface area contributed by atoms with Gasteiger partial charge in [0.25, 0.3) is 0 Å². The van der Waals surface area contributed by atoms with Crippen LogP contribution >= 0.6 is 11.6 Å². The number of pyridine rings is 1. The number of aromatic nitrogens is 5. The van der Waals surface area contributed by atoms with Crippen molar-refractivity contribution >= 4 is 23.3 Å². The predicted molar refractivity (Wildman–Crippen MR) is 136 cm³/mol. The highest BCUT2D eigenvalue weighted by molar-refractivity contribution is 6.33. The highest BCUT2D eigenvalue weighted by Gasteiger charge is 2.43. The summed E-state index contributed by atoms with van der Waals surface area (Å²) in [5, 5.41) is 11.3. The molecule has 0 bridgehead atoms. The third-order valence-electron chi connectivity index (χ3n) is 6.11. The van der Waals surface area contributed by atoms with Gasteiger partial charge in [0.2, 0.25) is 5.82 Å². The molecule has 1 aromatic carbocycles. The minimum atomic E-state index is -3.46. The first kappa shape index (κ1) is 24.6. The molecule has 190 valence electrons. The number of aliphatic imine (C=N–C) groups is 1. The maximum absolute atomic E-state index is 15.4. The lowest BCUT2D eigenvalue weighted by atomic mass is 10.1. The summed E-state index contributed by atoms with van der Waals surface area (Å²) in [6.07, 6.45) is 6.20. The average molecular weight is 527 g/mol. The molecule has 8 nitrogen and oxygen atoms in total. The lowest BCUT2D eigenvalue weighted by molar-refractivity contribution is 0.0258. The maximum Gasteiger partial charge on any atom is 0.332 e. The van der Waals surface area contributed by atoms with Gasteiger partial charge in [0.05, 0.1) is 16.8 Å². The molecule has 0 aliphatic carbocycles. The van der Waals surface area contributed by atoms with Gasteiger partial charge in [0.15, 0.2) is 5.82 Å². The molecule has 1 aliphatic rings. The van der Waals surface area contributed by atoms with Crippen LogP contribution in [0.3, 0.4) is 0 Å². The average Bonchev–Trinajstić information content (AvgIpc) is 3.54. The van der Waals surface area contributed by atoms with Crippen LogP contribution < -0.4 is 11.1 Å². The fourth-order valence-corrected chi connectivity index (χ4v) is 4.56. The lowest BCUT2D eigenvalue weighted by Crippen LogP contribution is -2.30. The van der Waals surface area contributed by atoms with Crippen LogP contribution in [0.5, 0.6) is 0 Å². The topological polar surface area (TPSA) is 98.9 Å². The molecule has 0 spiro atoms. The summed E-state index contributed by atoms with van der Waals surface area (Å²) in [5.74, 6) is -2.94. The van der Waals surface area contributed by atoms with Gasteiger partial charge in [0, 0.05) is 42.7 Å². The molecule has 5 rings (SSSR count). The summed E-state index contributed by atoms with van der Waals surface area (Å²) in [6, 6.07) is 9.89. The quantitative estimate of drug-likeness (QED) is 0.271. The van der Waals surface area contributed by atoms with E-state index in [2.05, 4.69) is 25.5 Å². The molecule has 3 N–H and O–H groups in total. The van der Waals surface area contributed by atoms with Crippen LogP contribution in [0, 0.1) is 0 Å². The second kappa shape index (κ2) is 9.74. The Morgan fingerprint density at radius 2 is 2.05 bits per heavy atom. The van der Waals surface area contributed by atoms with Crippen LogP contribution in [0.2, 0.25) is 5.02 Å². The van der Waals surface area contributed by atoms with Gasteiger partial charge >= 0.3 is 5.92 Å². The first-order valence-corrected chi connectivity index (χ1v) is 11.7. The fraction of sp³-hybridized carbons (Fsp3) is 0.200. The van der Waals surface area contributed by atoms with Gasteiger partial charge in [-0.1, -0.05) is 41.9 Å². The minimum absolute atomic E-state index is 0.122. The number of nitrogens with one attached hydrogen (secondary N) is 1. The van der Waals surface area contributed by atoms with Gasteiger partial charge in [0.1, 0.15) is 18.3 Å². The number of hydrogen-bond acceptors (Lipinski definition) is 5. The highest BCUT2D eigenvalue weighted by atomic mass is 35.5. The fourth-order valence-electron chi connectivity index (χ4n) is 4.35. The largest absolute Gasteiger partial charge is 0.404 e. The molecule has 0 unspecified atom stereocenters. The zero-order chi connectivity index (χ0) is 26.2. The number of hydrogen-bond donors (Lipinski definition) is 2. The molecule has 0 radical (unpaired) electrons. The Kier molecular flexibility index (Phi) is 6.46. The Labute approximate surface area is 215 Å². The second-order valence-electron chi connectivity index (χ2n) is 8.37. The number of benzene rings is 1. The van der Waals surface area contributed by atoms with E-state index >= 15 is 8.78 Å². The SMILES string of the molecule is CN=C(C=CN)Nc1cc(-c2cc3n(c2)C[C@H](CF)n2c-3nnc2C(F)(F)c2ccccc2)c(Cl)cn1. The van der Waals surface area contributed by atoms with Crippen LogP contribution in [-0.4, -0.2) is 43.9 Å². The van der Waals surface area contributed by atoms with E-state index in [-0.39, 0.29) is 17.9 Å². The van der Waals surface area contributed by atoms with Crippen LogP contribution in [0.15, 0.2) is 72.1 Å². The molecular formula is C25H22ClF3N8. The summed E-state index contributed by atoms with van der Waals surface area (Å²) in [5.41, 5.74) is 7.04. The Morgan fingerprint density at radius 1 is 1.27 bits per heavy atom. The molecule has 12 heteroatoms. The first-order chi connectivity index (χ1) is 17.9. The van der Waals surface area contributed by atoms with E-state index < -0.39 is 24.5 Å². The van der Waals surface area contributed by atoms with Crippen molar-refractivity contribution in [1.29, 1.82) is 0 Å². The van der Waals surface area contributed by atoms with Gasteiger partial charge in [-0.15, -0.1) is 10.2 Å². The van der Waals surface area contributed by atoms with Gasteiger partial charge in [-0.05, 0) is 24.4 Å². The molecule has 0 fully saturated rings. The van der Waals surface area contributed by atoms with E-state index in [0.717, 1.165) is 0 Å². The predicted octanol–water partition coefficient (Wildman–Crippen LogP) is 5.04. The third-order valence-corrected chi connectivity index (χ3v) is 6.41. The summed E-state index contributed by atoms with van der Waals surface area (Å²) < 4.78 is 48.0. The first-order valence-electron chi connectivity index (χ1n) is 11.3. The van der Waals surface area contributed by atoms with E-state index in [1.165, 1.54) is 41.2 Å². The third kappa shape index (κ3) is 4.35. The van der Waals surface area contributed by atoms with Crippen molar-refractivity contribution in [2.24, 2.45) is 10.7 Å². The van der Waals surface area contributed by atoms with Crippen molar-refractivity contribution in [2.75, 3.05) is 19.0 Å². The number of nitrogens with two attached hydrogens (primary N) is 1. The second-order valence-corrected chi connectivity index (χ2v) is 8.78. The van der Waals surface area contributed by atoms with Crippen LogP contribution in [-0.2, 0) is 12.5 Å². The zero-order valence-corrected chi connectivity index (χ0v) is 20.4. The number of amidine groups is 1. The van der Waals surface area contributed by atoms with Gasteiger partial charge < -0.3 is 15.6 Å². The molecular weight excluding hydrogens is 505 g/mol. The number of rotatable bonds is 6. The Balaban J connectivity index is 1.57. The number of fused-ring (bicyclic) bond motifs is 3. The molecule has 4 aromatic rings. The van der Waals surface area contributed by atoms with E-state index in [9.17, 15) is 4.39 Å². The summed E-state index contributed by atoms with van der Waals surface area (Å²) in [6.45, 7) is -0.746. The van der Waals surface area contributed by atoms with Crippen molar-refractivity contribution in [3.05, 3.63) is 83.5 Å². The molecule has 0 saturated heterocycles. The normalized spacial score (nSPS) is 15.6. The molecule has 37 heavy (non-hydrogen) atoms. The van der Waals surface area contributed by atoms with Crippen LogP contribution in [0.4, 0.5) is 19.0 Å². The number of alkyl halides is 3. The smallest absolute Gasteiger partial charge is 0.332 e. The van der Waals surface area contributed by atoms with E-state index in [1.807, 2.05) is 0 Å². The van der Waals surface area contributed by atoms with E-state index in [4.69, 9.17) is 17.3 Å². The van der Waals surface area contributed by atoms with Crippen molar-refractivity contribution in [1.82, 2.24) is 24.3 Å². The summed E-state index contributed by atoms with van der Waals surface area (Å²) in [4.78, 5) is 8.36. The van der Waals surface area contributed by atoms with Crippen LogP contribution in [0.25, 0.3) is 22.6 Å². The summed E-state index contributed by atoms with van der Waals surface area (Å²) >= 11 is 6.46. The maximum atomic E-state index is 15.4. The van der Waals surface area contributed by atoms with E-state index in [0.29, 0.717) is 33.5 Å². The minimum Gasteiger partial charge on any atom is -0.404 e. The van der Waals surface area contributed by atoms with Gasteiger partial charge in [-0.25, -0.2) is 9.37 Å². The number of halogens is 4. The number of anilines is 1. The molecule has 1 aliphatic heterocycles. The Morgan fingerprint density at radius 3 is 2.76 bits per heavy atom. The molecule has 0 saturated carbocycles. The molecule has 1 atom stereocenters. The molecule has 4 heterocycles. The van der Waals surface area contributed by atoms with Gasteiger partial charge in [-0.3, -0.25) is 9.56 Å². The lowest BCUT2D eigenvalue weighted by Gasteiger charge is -2.28. The van der Waals surface area contributed by atoms with Crippen molar-refractivity contribution in [3.8, 4) is 22.6 Å². The standard InChI is InChI=1S/C25H22ClF3N8/c1-31-21(7-8-30)33-22-10-18(19(26)12-32-22)15-9-20-23-34-35-24(25(28,29)16-5-3-2-4-6-16)37(23)17(11-27)14-36(20)13-15/h2-10,12-13,17H,11,14,30H2,1H3,(H,31,32,33)/t17-/m0/s1. The Hall–Kier alpha value is -4.12. The zero-order valence-electron chi connectivity index (χ0n) is 19.6. The Bertz CT molecular complexity index is 1490. The van der Waals surface area contributed by atoms with Crippen LogP contribution in [0.1, 0.15) is 17.4 Å². The van der Waals surface area contributed by atoms with E-state index in [1.54, 1.807) is 42.1 Å². The number of nitrogens with zero attached hydrogens (tertiary/aromatic N) is 6. The van der Waals surface area contributed by atoms with Crippen molar-refractivity contribution in [3.63, 3.8) is 0 Å².